The van der Waals surface area contributed by atoms with E-state index in [1.54, 1.807) is 60.7 Å². The van der Waals surface area contributed by atoms with Crippen LogP contribution in [-0.2, 0) is 14.8 Å². The van der Waals surface area contributed by atoms with Gasteiger partial charge in [0.15, 0.2) is 0 Å². The molecule has 0 amide bonds. The zero-order valence-corrected chi connectivity index (χ0v) is 16.2. The Labute approximate surface area is 164 Å². The summed E-state index contributed by atoms with van der Waals surface area (Å²) in [6.07, 6.45) is -0.847. The molecule has 0 aromatic heterocycles. The highest BCUT2D eigenvalue weighted by molar-refractivity contribution is 7.93. The van der Waals surface area contributed by atoms with Crippen LogP contribution < -0.4 is 9.04 Å². The van der Waals surface area contributed by atoms with Crippen molar-refractivity contribution in [2.75, 3.05) is 11.4 Å². The van der Waals surface area contributed by atoms with Crippen molar-refractivity contribution in [2.24, 2.45) is 0 Å². The number of carbonyl (C=O) groups is 1. The van der Waals surface area contributed by atoms with E-state index < -0.39 is 16.2 Å². The molecule has 3 aromatic rings. The number of hydrogen-bond acceptors (Lipinski definition) is 5. The average molecular weight is 397 g/mol. The summed E-state index contributed by atoms with van der Waals surface area (Å²) in [7, 11) is -2.65. The van der Waals surface area contributed by atoms with E-state index in [1.165, 1.54) is 23.5 Å². The van der Waals surface area contributed by atoms with Crippen LogP contribution in [0.15, 0.2) is 83.8 Å². The van der Waals surface area contributed by atoms with Crippen molar-refractivity contribution >= 4 is 27.6 Å². The van der Waals surface area contributed by atoms with E-state index in [-0.39, 0.29) is 10.6 Å². The summed E-state index contributed by atoms with van der Waals surface area (Å²) in [5, 5.41) is 0. The highest BCUT2D eigenvalue weighted by Crippen LogP contribution is 2.33. The van der Waals surface area contributed by atoms with E-state index in [9.17, 15) is 13.2 Å². The Morgan fingerprint density at radius 1 is 0.821 bits per heavy atom. The van der Waals surface area contributed by atoms with Gasteiger partial charge in [0.2, 0.25) is 0 Å². The first-order valence-electron chi connectivity index (χ1n) is 8.45. The number of anilines is 2. The Kier molecular flexibility index (Phi) is 5.65. The lowest BCUT2D eigenvalue weighted by molar-refractivity contribution is 0.121. The van der Waals surface area contributed by atoms with Crippen LogP contribution >= 0.6 is 0 Å². The van der Waals surface area contributed by atoms with E-state index in [0.29, 0.717) is 11.4 Å². The highest BCUT2D eigenvalue weighted by atomic mass is 32.2. The smallest absolute Gasteiger partial charge is 0.437 e. The molecule has 0 aliphatic rings. The summed E-state index contributed by atoms with van der Waals surface area (Å²) < 4.78 is 37.4. The second kappa shape index (κ2) is 8.14. The van der Waals surface area contributed by atoms with Gasteiger partial charge in [0, 0.05) is 0 Å². The van der Waals surface area contributed by atoms with Crippen molar-refractivity contribution < 1.29 is 22.7 Å². The number of methoxy groups -OCH3 is 1. The summed E-state index contributed by atoms with van der Waals surface area (Å²) >= 11 is 0. The Morgan fingerprint density at radius 3 is 1.96 bits per heavy atom. The summed E-state index contributed by atoms with van der Waals surface area (Å²) in [5.41, 5.74) is 1.86. The van der Waals surface area contributed by atoms with Gasteiger partial charge in [-0.15, -0.1) is 0 Å². The molecule has 3 rings (SSSR count). The number of hydrogen-bond donors (Lipinski definition) is 0. The fourth-order valence-corrected chi connectivity index (χ4v) is 4.08. The fraction of sp³-hybridized carbons (Fsp3) is 0.0952. The summed E-state index contributed by atoms with van der Waals surface area (Å²) in [6.45, 7) is 1.89. The number of carbonyl (C=O) groups excluding carboxylic acids is 1. The van der Waals surface area contributed by atoms with Gasteiger partial charge < -0.3 is 9.47 Å². The number of nitrogens with zero attached hydrogens (tertiary/aromatic N) is 1. The largest absolute Gasteiger partial charge is 0.513 e. The first-order chi connectivity index (χ1) is 13.4. The molecular weight excluding hydrogens is 378 g/mol. The minimum absolute atomic E-state index is 0.178. The van der Waals surface area contributed by atoms with Gasteiger partial charge in [-0.2, -0.15) is 0 Å². The second-order valence-corrected chi connectivity index (χ2v) is 7.75. The Morgan fingerprint density at radius 2 is 1.39 bits per heavy atom. The predicted octanol–water partition coefficient (Wildman–Crippen LogP) is 4.67. The first-order valence-corrected chi connectivity index (χ1v) is 9.89. The molecule has 7 heteroatoms. The summed E-state index contributed by atoms with van der Waals surface area (Å²) in [6, 6.07) is 21.6. The third-order valence-corrected chi connectivity index (χ3v) is 5.76. The molecule has 0 atom stereocenters. The predicted molar refractivity (Wildman–Crippen MR) is 106 cm³/mol. The van der Waals surface area contributed by atoms with Crippen LogP contribution in [0.25, 0.3) is 0 Å². The van der Waals surface area contributed by atoms with Gasteiger partial charge in [-0.3, -0.25) is 0 Å². The molecule has 0 N–H and O–H groups in total. The third-order valence-electron chi connectivity index (χ3n) is 3.99. The standard InChI is InChI=1S/C21H19NO5S/c1-16-8-14-20(15-9-16)28(24,25)22(17-6-4-3-5-7-17)18-10-12-19(13-11-18)27-21(23)26-2/h3-15H,1-2H3. The highest BCUT2D eigenvalue weighted by Gasteiger charge is 2.26. The monoisotopic (exact) mass is 397 g/mol. The molecule has 0 unspecified atom stereocenters. The van der Waals surface area contributed by atoms with E-state index in [4.69, 9.17) is 4.74 Å². The Hall–Kier alpha value is -3.32. The van der Waals surface area contributed by atoms with Crippen LogP contribution in [0.1, 0.15) is 5.56 Å². The van der Waals surface area contributed by atoms with Crippen LogP contribution in [0.2, 0.25) is 0 Å². The molecule has 6 nitrogen and oxygen atoms in total. The summed E-state index contributed by atoms with van der Waals surface area (Å²) in [5.74, 6) is 0.247. The molecular formula is C21H19NO5S. The molecule has 144 valence electrons. The van der Waals surface area contributed by atoms with Gasteiger partial charge in [0.1, 0.15) is 5.75 Å². The van der Waals surface area contributed by atoms with E-state index in [2.05, 4.69) is 4.74 Å². The van der Waals surface area contributed by atoms with Gasteiger partial charge in [0.25, 0.3) is 10.0 Å². The van der Waals surface area contributed by atoms with Crippen molar-refractivity contribution in [3.8, 4) is 5.75 Å². The molecule has 0 saturated carbocycles. The van der Waals surface area contributed by atoms with Gasteiger partial charge >= 0.3 is 6.16 Å². The first kappa shape index (κ1) is 19.4. The van der Waals surface area contributed by atoms with Crippen molar-refractivity contribution in [1.29, 1.82) is 0 Å². The van der Waals surface area contributed by atoms with Crippen molar-refractivity contribution in [3.63, 3.8) is 0 Å². The number of ether oxygens (including phenoxy) is 2. The lowest BCUT2D eigenvalue weighted by atomic mass is 10.2. The number of sulfonamides is 1. The van der Waals surface area contributed by atoms with Crippen molar-refractivity contribution in [3.05, 3.63) is 84.4 Å². The van der Waals surface area contributed by atoms with Crippen molar-refractivity contribution in [1.82, 2.24) is 0 Å². The molecule has 28 heavy (non-hydrogen) atoms. The summed E-state index contributed by atoms with van der Waals surface area (Å²) in [4.78, 5) is 11.4. The SMILES string of the molecule is COC(=O)Oc1ccc(N(c2ccccc2)S(=O)(=O)c2ccc(C)cc2)cc1. The van der Waals surface area contributed by atoms with Gasteiger partial charge in [-0.25, -0.2) is 17.5 Å². The normalized spacial score (nSPS) is 10.9. The maximum absolute atomic E-state index is 13.4. The fourth-order valence-electron chi connectivity index (χ4n) is 2.59. The maximum Gasteiger partial charge on any atom is 0.513 e. The second-order valence-electron chi connectivity index (χ2n) is 5.97. The van der Waals surface area contributed by atoms with Crippen LogP contribution in [0.4, 0.5) is 16.2 Å². The lowest BCUT2D eigenvalue weighted by Gasteiger charge is -2.25. The topological polar surface area (TPSA) is 72.9 Å². The average Bonchev–Trinajstić information content (AvgIpc) is 2.70. The van der Waals surface area contributed by atoms with Crippen molar-refractivity contribution in [2.45, 2.75) is 11.8 Å². The minimum atomic E-state index is -3.86. The van der Waals surface area contributed by atoms with Gasteiger partial charge in [-0.1, -0.05) is 35.9 Å². The van der Waals surface area contributed by atoms with E-state index in [1.807, 2.05) is 13.0 Å². The van der Waals surface area contributed by atoms with Crippen LogP contribution in [-0.4, -0.2) is 21.7 Å². The molecule has 0 saturated heterocycles. The number of benzene rings is 3. The molecule has 0 radical (unpaired) electrons. The Balaban J connectivity index is 2.06. The molecule has 0 aliphatic heterocycles. The quantitative estimate of drug-likeness (QED) is 0.462. The number of rotatable bonds is 5. The molecule has 0 fully saturated rings. The van der Waals surface area contributed by atoms with Crippen LogP contribution in [0.5, 0.6) is 5.75 Å². The molecule has 0 heterocycles. The molecule has 0 spiro atoms. The molecule has 0 aliphatic carbocycles. The number of para-hydroxylation sites is 1. The minimum Gasteiger partial charge on any atom is -0.437 e. The molecule has 3 aromatic carbocycles. The van der Waals surface area contributed by atoms with Gasteiger partial charge in [0.05, 0.1) is 23.4 Å². The van der Waals surface area contributed by atoms with E-state index in [0.717, 1.165) is 5.56 Å². The molecule has 0 bridgehead atoms. The maximum atomic E-state index is 13.4. The van der Waals surface area contributed by atoms with Gasteiger partial charge in [-0.05, 0) is 55.5 Å². The zero-order valence-electron chi connectivity index (χ0n) is 15.4. The van der Waals surface area contributed by atoms with Crippen LogP contribution in [0, 0.1) is 6.92 Å². The lowest BCUT2D eigenvalue weighted by Crippen LogP contribution is -2.26. The zero-order chi connectivity index (χ0) is 20.1. The number of aryl methyl sites for hydroxylation is 1. The van der Waals surface area contributed by atoms with E-state index >= 15 is 0 Å². The third kappa shape index (κ3) is 4.15. The van der Waals surface area contributed by atoms with Crippen LogP contribution in [0.3, 0.4) is 0 Å². The Bertz CT molecular complexity index is 1050.